The lowest BCUT2D eigenvalue weighted by molar-refractivity contribution is -0.130. The summed E-state index contributed by atoms with van der Waals surface area (Å²) in [4.78, 5) is 14.2. The molecule has 140 valence electrons. The SMILES string of the molecule is Cc1nn(-c2ccccc2)c(C)c1CN(C)C(=O)CCOc1ccccc1. The maximum atomic E-state index is 12.5. The van der Waals surface area contributed by atoms with Gasteiger partial charge in [-0.1, -0.05) is 36.4 Å². The minimum atomic E-state index is 0.0530. The van der Waals surface area contributed by atoms with Gasteiger partial charge in [0, 0.05) is 24.8 Å². The van der Waals surface area contributed by atoms with E-state index in [9.17, 15) is 4.79 Å². The van der Waals surface area contributed by atoms with Crippen molar-refractivity contribution in [3.8, 4) is 11.4 Å². The molecule has 1 amide bonds. The average Bonchev–Trinajstić information content (AvgIpc) is 2.97. The Labute approximate surface area is 160 Å². The number of para-hydroxylation sites is 2. The van der Waals surface area contributed by atoms with E-state index in [1.807, 2.05) is 86.2 Å². The highest BCUT2D eigenvalue weighted by Gasteiger charge is 2.17. The molecule has 0 bridgehead atoms. The molecule has 0 aliphatic rings. The molecule has 0 radical (unpaired) electrons. The standard InChI is InChI=1S/C22H25N3O2/c1-17-21(18(2)25(23-17)19-10-6-4-7-11-19)16-24(3)22(26)14-15-27-20-12-8-5-9-13-20/h4-13H,14-16H2,1-3H3. The van der Waals surface area contributed by atoms with Gasteiger partial charge in [-0.05, 0) is 38.1 Å². The second-order valence-electron chi connectivity index (χ2n) is 6.56. The van der Waals surface area contributed by atoms with Crippen LogP contribution in [-0.2, 0) is 11.3 Å². The number of aromatic nitrogens is 2. The van der Waals surface area contributed by atoms with Crippen molar-refractivity contribution in [2.24, 2.45) is 0 Å². The third-order valence-corrected chi connectivity index (χ3v) is 4.59. The Bertz CT molecular complexity index is 889. The van der Waals surface area contributed by atoms with Gasteiger partial charge in [0.1, 0.15) is 5.75 Å². The third kappa shape index (κ3) is 4.56. The summed E-state index contributed by atoms with van der Waals surface area (Å²) in [6, 6.07) is 19.6. The first-order valence-corrected chi connectivity index (χ1v) is 9.08. The van der Waals surface area contributed by atoms with Crippen LogP contribution in [-0.4, -0.2) is 34.2 Å². The van der Waals surface area contributed by atoms with Crippen molar-refractivity contribution in [2.45, 2.75) is 26.8 Å². The Morgan fingerprint density at radius 2 is 1.67 bits per heavy atom. The first-order chi connectivity index (χ1) is 13.1. The van der Waals surface area contributed by atoms with E-state index in [1.54, 1.807) is 4.90 Å². The van der Waals surface area contributed by atoms with E-state index >= 15 is 0 Å². The summed E-state index contributed by atoms with van der Waals surface area (Å²) in [6.07, 6.45) is 0.344. The number of nitrogens with zero attached hydrogens (tertiary/aromatic N) is 3. The number of hydrogen-bond acceptors (Lipinski definition) is 3. The number of rotatable bonds is 7. The van der Waals surface area contributed by atoms with Crippen LogP contribution in [0.5, 0.6) is 5.75 Å². The molecule has 0 spiro atoms. The van der Waals surface area contributed by atoms with Gasteiger partial charge in [-0.25, -0.2) is 4.68 Å². The van der Waals surface area contributed by atoms with Gasteiger partial charge in [-0.3, -0.25) is 4.79 Å². The van der Waals surface area contributed by atoms with E-state index < -0.39 is 0 Å². The Balaban J connectivity index is 1.61. The van der Waals surface area contributed by atoms with E-state index in [1.165, 1.54) is 0 Å². The fraction of sp³-hybridized carbons (Fsp3) is 0.273. The van der Waals surface area contributed by atoms with Crippen LogP contribution in [0.1, 0.15) is 23.4 Å². The van der Waals surface area contributed by atoms with Crippen molar-refractivity contribution in [3.05, 3.63) is 77.6 Å². The summed E-state index contributed by atoms with van der Waals surface area (Å²) in [6.45, 7) is 4.93. The summed E-state index contributed by atoms with van der Waals surface area (Å²) in [5, 5.41) is 4.65. The molecule has 0 saturated heterocycles. The molecule has 5 nitrogen and oxygen atoms in total. The molecule has 0 fully saturated rings. The molecule has 5 heteroatoms. The lowest BCUT2D eigenvalue weighted by atomic mass is 10.2. The maximum absolute atomic E-state index is 12.5. The van der Waals surface area contributed by atoms with Crippen molar-refractivity contribution >= 4 is 5.91 Å². The quantitative estimate of drug-likeness (QED) is 0.639. The van der Waals surface area contributed by atoms with Gasteiger partial charge < -0.3 is 9.64 Å². The summed E-state index contributed by atoms with van der Waals surface area (Å²) in [5.41, 5.74) is 4.10. The van der Waals surface area contributed by atoms with Crippen LogP contribution >= 0.6 is 0 Å². The predicted octanol–water partition coefficient (Wildman–Crippen LogP) is 3.92. The predicted molar refractivity (Wildman–Crippen MR) is 106 cm³/mol. The van der Waals surface area contributed by atoms with Crippen molar-refractivity contribution in [2.75, 3.05) is 13.7 Å². The van der Waals surface area contributed by atoms with Gasteiger partial charge in [0.15, 0.2) is 0 Å². The molecule has 0 unspecified atom stereocenters. The number of ether oxygens (including phenoxy) is 1. The highest BCUT2D eigenvalue weighted by atomic mass is 16.5. The summed E-state index contributed by atoms with van der Waals surface area (Å²) in [7, 11) is 1.82. The molecular formula is C22H25N3O2. The van der Waals surface area contributed by atoms with Crippen molar-refractivity contribution < 1.29 is 9.53 Å². The van der Waals surface area contributed by atoms with Crippen LogP contribution in [0.3, 0.4) is 0 Å². The lowest BCUT2D eigenvalue weighted by Crippen LogP contribution is -2.28. The minimum absolute atomic E-state index is 0.0530. The largest absolute Gasteiger partial charge is 0.493 e. The number of carbonyl (C=O) groups excluding carboxylic acids is 1. The average molecular weight is 363 g/mol. The highest BCUT2D eigenvalue weighted by Crippen LogP contribution is 2.19. The number of amides is 1. The molecule has 3 rings (SSSR count). The molecule has 2 aromatic carbocycles. The van der Waals surface area contributed by atoms with E-state index in [0.717, 1.165) is 28.4 Å². The van der Waals surface area contributed by atoms with Crippen molar-refractivity contribution in [3.63, 3.8) is 0 Å². The second-order valence-corrected chi connectivity index (χ2v) is 6.56. The van der Waals surface area contributed by atoms with Crippen LogP contribution in [0.15, 0.2) is 60.7 Å². The summed E-state index contributed by atoms with van der Waals surface area (Å²) < 4.78 is 7.55. The van der Waals surface area contributed by atoms with Gasteiger partial charge in [-0.15, -0.1) is 0 Å². The summed E-state index contributed by atoms with van der Waals surface area (Å²) in [5.74, 6) is 0.834. The van der Waals surface area contributed by atoms with Gasteiger partial charge in [0.25, 0.3) is 0 Å². The minimum Gasteiger partial charge on any atom is -0.493 e. The van der Waals surface area contributed by atoms with Crippen LogP contribution in [0, 0.1) is 13.8 Å². The monoisotopic (exact) mass is 363 g/mol. The van der Waals surface area contributed by atoms with Gasteiger partial charge in [0.2, 0.25) is 5.91 Å². The van der Waals surface area contributed by atoms with E-state index in [4.69, 9.17) is 4.74 Å². The Hall–Kier alpha value is -3.08. The zero-order chi connectivity index (χ0) is 19.2. The molecule has 0 N–H and O–H groups in total. The molecule has 27 heavy (non-hydrogen) atoms. The molecule has 0 saturated carbocycles. The lowest BCUT2D eigenvalue weighted by Gasteiger charge is -2.18. The Morgan fingerprint density at radius 1 is 1.04 bits per heavy atom. The number of hydrogen-bond donors (Lipinski definition) is 0. The molecule has 0 aliphatic carbocycles. The van der Waals surface area contributed by atoms with E-state index in [-0.39, 0.29) is 5.91 Å². The molecule has 0 atom stereocenters. The number of aryl methyl sites for hydroxylation is 1. The molecule has 0 aliphatic heterocycles. The Morgan fingerprint density at radius 3 is 2.33 bits per heavy atom. The molecule has 1 heterocycles. The molecule has 1 aromatic heterocycles. The maximum Gasteiger partial charge on any atom is 0.226 e. The first-order valence-electron chi connectivity index (χ1n) is 9.08. The van der Waals surface area contributed by atoms with Crippen LogP contribution in [0.4, 0.5) is 0 Å². The molecular weight excluding hydrogens is 338 g/mol. The van der Waals surface area contributed by atoms with Crippen LogP contribution in [0.2, 0.25) is 0 Å². The zero-order valence-corrected chi connectivity index (χ0v) is 16.1. The van der Waals surface area contributed by atoms with Gasteiger partial charge in [0.05, 0.1) is 24.4 Å². The first kappa shape index (κ1) is 18.7. The molecule has 3 aromatic rings. The van der Waals surface area contributed by atoms with E-state index in [2.05, 4.69) is 5.10 Å². The van der Waals surface area contributed by atoms with Crippen molar-refractivity contribution in [1.82, 2.24) is 14.7 Å². The van der Waals surface area contributed by atoms with Gasteiger partial charge >= 0.3 is 0 Å². The Kier molecular flexibility index (Phi) is 5.91. The second kappa shape index (κ2) is 8.54. The smallest absolute Gasteiger partial charge is 0.226 e. The fourth-order valence-electron chi connectivity index (χ4n) is 3.01. The zero-order valence-electron chi connectivity index (χ0n) is 16.1. The highest BCUT2D eigenvalue weighted by molar-refractivity contribution is 5.76. The van der Waals surface area contributed by atoms with E-state index in [0.29, 0.717) is 19.6 Å². The third-order valence-electron chi connectivity index (χ3n) is 4.59. The summed E-state index contributed by atoms with van der Waals surface area (Å²) >= 11 is 0. The normalized spacial score (nSPS) is 10.6. The van der Waals surface area contributed by atoms with Crippen molar-refractivity contribution in [1.29, 1.82) is 0 Å². The topological polar surface area (TPSA) is 47.4 Å². The van der Waals surface area contributed by atoms with Crippen LogP contribution in [0.25, 0.3) is 5.69 Å². The fourth-order valence-corrected chi connectivity index (χ4v) is 3.01. The van der Waals surface area contributed by atoms with Gasteiger partial charge in [-0.2, -0.15) is 5.10 Å². The van der Waals surface area contributed by atoms with Crippen LogP contribution < -0.4 is 4.74 Å². The number of carbonyl (C=O) groups is 1. The number of benzene rings is 2.